The zero-order valence-corrected chi connectivity index (χ0v) is 13.3. The fraction of sp³-hybridized carbons (Fsp3) is 0.353. The third-order valence-electron chi connectivity index (χ3n) is 3.91. The number of hydrogen-bond donors (Lipinski definition) is 2. The van der Waals surface area contributed by atoms with Crippen molar-refractivity contribution < 1.29 is 4.79 Å². The van der Waals surface area contributed by atoms with Crippen molar-refractivity contribution in [1.29, 1.82) is 0 Å². The predicted octanol–water partition coefficient (Wildman–Crippen LogP) is 3.53. The summed E-state index contributed by atoms with van der Waals surface area (Å²) in [5.41, 5.74) is 0.829. The van der Waals surface area contributed by atoms with E-state index in [1.807, 2.05) is 41.7 Å². The van der Waals surface area contributed by atoms with Gasteiger partial charge < -0.3 is 10.6 Å². The van der Waals surface area contributed by atoms with Gasteiger partial charge in [-0.05, 0) is 36.4 Å². The molecule has 0 bridgehead atoms. The Balaban J connectivity index is 1.41. The zero-order chi connectivity index (χ0) is 15.2. The quantitative estimate of drug-likeness (QED) is 0.906. The van der Waals surface area contributed by atoms with Crippen LogP contribution in [0.2, 0.25) is 0 Å². The highest BCUT2D eigenvalue weighted by molar-refractivity contribution is 7.09. The number of urea groups is 1. The Bertz CT molecular complexity index is 577. The molecule has 0 saturated carbocycles. The number of likely N-dealkylation sites (tertiary alicyclic amines) is 1. The molecule has 0 aliphatic carbocycles. The van der Waals surface area contributed by atoms with Crippen LogP contribution in [0.1, 0.15) is 17.7 Å². The number of anilines is 1. The number of para-hydroxylation sites is 1. The highest BCUT2D eigenvalue weighted by Gasteiger charge is 2.20. The Hall–Kier alpha value is -1.85. The molecule has 1 aliphatic heterocycles. The SMILES string of the molecule is O=C(Nc1ccccc1)NC1CCN(Cc2cccs2)CC1. The molecule has 1 saturated heterocycles. The third kappa shape index (κ3) is 4.32. The Kier molecular flexibility index (Phi) is 5.08. The van der Waals surface area contributed by atoms with Gasteiger partial charge in [0, 0.05) is 36.2 Å². The van der Waals surface area contributed by atoms with Crippen LogP contribution in [0.25, 0.3) is 0 Å². The van der Waals surface area contributed by atoms with Gasteiger partial charge >= 0.3 is 6.03 Å². The Morgan fingerprint density at radius 1 is 1.14 bits per heavy atom. The van der Waals surface area contributed by atoms with Crippen molar-refractivity contribution in [3.8, 4) is 0 Å². The second-order valence-corrected chi connectivity index (χ2v) is 6.63. The van der Waals surface area contributed by atoms with Gasteiger partial charge in [-0.2, -0.15) is 0 Å². The summed E-state index contributed by atoms with van der Waals surface area (Å²) in [4.78, 5) is 15.9. The van der Waals surface area contributed by atoms with Crippen LogP contribution in [-0.4, -0.2) is 30.1 Å². The monoisotopic (exact) mass is 315 g/mol. The van der Waals surface area contributed by atoms with Gasteiger partial charge in [-0.3, -0.25) is 4.90 Å². The molecule has 3 rings (SSSR count). The molecule has 116 valence electrons. The largest absolute Gasteiger partial charge is 0.335 e. The number of benzene rings is 1. The summed E-state index contributed by atoms with van der Waals surface area (Å²) in [6.45, 7) is 3.10. The Labute approximate surface area is 135 Å². The fourth-order valence-electron chi connectivity index (χ4n) is 2.73. The highest BCUT2D eigenvalue weighted by Crippen LogP contribution is 2.17. The third-order valence-corrected chi connectivity index (χ3v) is 4.78. The minimum atomic E-state index is -0.108. The first-order valence-electron chi connectivity index (χ1n) is 7.67. The Morgan fingerprint density at radius 2 is 1.91 bits per heavy atom. The molecule has 2 aromatic rings. The average Bonchev–Trinajstić information content (AvgIpc) is 3.03. The minimum absolute atomic E-state index is 0.108. The van der Waals surface area contributed by atoms with E-state index in [4.69, 9.17) is 0 Å². The van der Waals surface area contributed by atoms with Crippen molar-refractivity contribution >= 4 is 23.1 Å². The molecular formula is C17H21N3OS. The van der Waals surface area contributed by atoms with Crippen molar-refractivity contribution in [1.82, 2.24) is 10.2 Å². The van der Waals surface area contributed by atoms with Crippen LogP contribution in [-0.2, 0) is 6.54 Å². The highest BCUT2D eigenvalue weighted by atomic mass is 32.1. The molecule has 1 aromatic carbocycles. The molecule has 1 fully saturated rings. The maximum Gasteiger partial charge on any atom is 0.319 e. The number of piperidine rings is 1. The van der Waals surface area contributed by atoms with Gasteiger partial charge in [0.1, 0.15) is 0 Å². The molecular weight excluding hydrogens is 294 g/mol. The number of nitrogens with zero attached hydrogens (tertiary/aromatic N) is 1. The Morgan fingerprint density at radius 3 is 2.59 bits per heavy atom. The number of carbonyl (C=O) groups excluding carboxylic acids is 1. The van der Waals surface area contributed by atoms with Crippen LogP contribution >= 0.6 is 11.3 Å². The first-order chi connectivity index (χ1) is 10.8. The second-order valence-electron chi connectivity index (χ2n) is 5.59. The van der Waals surface area contributed by atoms with Gasteiger partial charge in [0.25, 0.3) is 0 Å². The average molecular weight is 315 g/mol. The molecule has 22 heavy (non-hydrogen) atoms. The molecule has 2 N–H and O–H groups in total. The van der Waals surface area contributed by atoms with Crippen LogP contribution in [0.5, 0.6) is 0 Å². The van der Waals surface area contributed by atoms with Gasteiger partial charge in [0.15, 0.2) is 0 Å². The summed E-state index contributed by atoms with van der Waals surface area (Å²) in [5, 5.41) is 8.07. The van der Waals surface area contributed by atoms with E-state index >= 15 is 0 Å². The van der Waals surface area contributed by atoms with E-state index in [1.165, 1.54) is 4.88 Å². The molecule has 2 heterocycles. The number of rotatable bonds is 4. The number of nitrogens with one attached hydrogen (secondary N) is 2. The van der Waals surface area contributed by atoms with E-state index in [0.717, 1.165) is 38.2 Å². The molecule has 1 aromatic heterocycles. The van der Waals surface area contributed by atoms with Gasteiger partial charge in [-0.25, -0.2) is 4.79 Å². The lowest BCUT2D eigenvalue weighted by Crippen LogP contribution is -2.45. The number of amides is 2. The van der Waals surface area contributed by atoms with Crippen LogP contribution in [0.15, 0.2) is 47.8 Å². The molecule has 0 spiro atoms. The first kappa shape index (κ1) is 15.1. The standard InChI is InChI=1S/C17H21N3OS/c21-17(18-14-5-2-1-3-6-14)19-15-8-10-20(11-9-15)13-16-7-4-12-22-16/h1-7,12,15H,8-11,13H2,(H2,18,19,21). The molecule has 1 aliphatic rings. The second kappa shape index (κ2) is 7.42. The van der Waals surface area contributed by atoms with E-state index in [-0.39, 0.29) is 12.1 Å². The molecule has 4 nitrogen and oxygen atoms in total. The van der Waals surface area contributed by atoms with E-state index in [0.29, 0.717) is 0 Å². The zero-order valence-electron chi connectivity index (χ0n) is 12.5. The fourth-order valence-corrected chi connectivity index (χ4v) is 3.48. The topological polar surface area (TPSA) is 44.4 Å². The van der Waals surface area contributed by atoms with Crippen LogP contribution in [0, 0.1) is 0 Å². The van der Waals surface area contributed by atoms with E-state index in [9.17, 15) is 4.79 Å². The molecule has 0 radical (unpaired) electrons. The normalized spacial score (nSPS) is 16.4. The van der Waals surface area contributed by atoms with Crippen molar-refractivity contribution in [3.05, 3.63) is 52.7 Å². The van der Waals surface area contributed by atoms with Gasteiger partial charge in [0.05, 0.1) is 0 Å². The number of thiophene rings is 1. The van der Waals surface area contributed by atoms with Crippen LogP contribution < -0.4 is 10.6 Å². The van der Waals surface area contributed by atoms with Crippen molar-refractivity contribution in [3.63, 3.8) is 0 Å². The predicted molar refractivity (Wildman–Crippen MR) is 91.2 cm³/mol. The summed E-state index contributed by atoms with van der Waals surface area (Å²) in [6.07, 6.45) is 2.02. The minimum Gasteiger partial charge on any atom is -0.335 e. The van der Waals surface area contributed by atoms with E-state index in [2.05, 4.69) is 33.0 Å². The van der Waals surface area contributed by atoms with Gasteiger partial charge in [-0.15, -0.1) is 11.3 Å². The lowest BCUT2D eigenvalue weighted by molar-refractivity contribution is 0.191. The molecule has 0 unspecified atom stereocenters. The lowest BCUT2D eigenvalue weighted by Gasteiger charge is -2.32. The molecule has 2 amide bonds. The lowest BCUT2D eigenvalue weighted by atomic mass is 10.1. The molecule has 5 heteroatoms. The van der Waals surface area contributed by atoms with E-state index < -0.39 is 0 Å². The summed E-state index contributed by atoms with van der Waals surface area (Å²) < 4.78 is 0. The smallest absolute Gasteiger partial charge is 0.319 e. The van der Waals surface area contributed by atoms with Crippen molar-refractivity contribution in [2.45, 2.75) is 25.4 Å². The maximum absolute atomic E-state index is 12.0. The van der Waals surface area contributed by atoms with Gasteiger partial charge in [0.2, 0.25) is 0 Å². The summed E-state index contributed by atoms with van der Waals surface area (Å²) in [7, 11) is 0. The van der Waals surface area contributed by atoms with Crippen molar-refractivity contribution in [2.75, 3.05) is 18.4 Å². The van der Waals surface area contributed by atoms with E-state index in [1.54, 1.807) is 0 Å². The maximum atomic E-state index is 12.0. The van der Waals surface area contributed by atoms with Crippen LogP contribution in [0.4, 0.5) is 10.5 Å². The summed E-state index contributed by atoms with van der Waals surface area (Å²) in [6, 6.07) is 14.0. The number of carbonyl (C=O) groups is 1. The summed E-state index contributed by atoms with van der Waals surface area (Å²) >= 11 is 1.81. The van der Waals surface area contributed by atoms with Gasteiger partial charge in [-0.1, -0.05) is 24.3 Å². The van der Waals surface area contributed by atoms with Crippen LogP contribution in [0.3, 0.4) is 0 Å². The number of hydrogen-bond acceptors (Lipinski definition) is 3. The summed E-state index contributed by atoms with van der Waals surface area (Å²) in [5.74, 6) is 0. The molecule has 0 atom stereocenters. The first-order valence-corrected chi connectivity index (χ1v) is 8.55. The van der Waals surface area contributed by atoms with Crippen molar-refractivity contribution in [2.24, 2.45) is 0 Å².